The second kappa shape index (κ2) is 8.77. The van der Waals surface area contributed by atoms with E-state index in [1.807, 2.05) is 37.4 Å². The van der Waals surface area contributed by atoms with E-state index in [0.29, 0.717) is 31.9 Å². The molecule has 11 heteroatoms. The zero-order valence-electron chi connectivity index (χ0n) is 18.5. The maximum Gasteiger partial charge on any atom is 0.293 e. The number of nitro groups is 1. The molecule has 1 aliphatic heterocycles. The Labute approximate surface area is 194 Å². The van der Waals surface area contributed by atoms with Crippen molar-refractivity contribution in [2.75, 3.05) is 36.4 Å². The Morgan fingerprint density at radius 1 is 1.06 bits per heavy atom. The second-order valence-corrected chi connectivity index (χ2v) is 7.96. The molecule has 4 aromatic rings. The van der Waals surface area contributed by atoms with E-state index in [-0.39, 0.29) is 17.2 Å². The number of aryl methyl sites for hydroxylation is 1. The van der Waals surface area contributed by atoms with Crippen molar-refractivity contribution in [2.45, 2.75) is 0 Å². The summed E-state index contributed by atoms with van der Waals surface area (Å²) >= 11 is 0. The lowest BCUT2D eigenvalue weighted by molar-refractivity contribution is -0.383. The molecule has 0 atom stereocenters. The van der Waals surface area contributed by atoms with Gasteiger partial charge in [-0.25, -0.2) is 9.97 Å². The average Bonchev–Trinajstić information content (AvgIpc) is 3.25. The van der Waals surface area contributed by atoms with E-state index in [2.05, 4.69) is 25.3 Å². The topological polar surface area (TPSA) is 122 Å². The summed E-state index contributed by atoms with van der Waals surface area (Å²) in [5.41, 5.74) is 1.96. The molecule has 11 nitrogen and oxygen atoms in total. The van der Waals surface area contributed by atoms with E-state index < -0.39 is 4.92 Å². The first-order chi connectivity index (χ1) is 16.5. The molecule has 1 N–H and O–H groups in total. The van der Waals surface area contributed by atoms with Crippen LogP contribution in [0, 0.1) is 10.1 Å². The fourth-order valence-electron chi connectivity index (χ4n) is 4.10. The van der Waals surface area contributed by atoms with E-state index in [4.69, 9.17) is 0 Å². The molecular weight excluding hydrogens is 436 g/mol. The van der Waals surface area contributed by atoms with Crippen LogP contribution in [0.25, 0.3) is 11.0 Å². The predicted molar refractivity (Wildman–Crippen MR) is 127 cm³/mol. The van der Waals surface area contributed by atoms with Crippen molar-refractivity contribution in [3.8, 4) is 0 Å². The first-order valence-electron chi connectivity index (χ1n) is 10.8. The third-order valence-electron chi connectivity index (χ3n) is 5.87. The number of nitro benzene ring substituents is 1. The van der Waals surface area contributed by atoms with E-state index in [0.717, 1.165) is 22.5 Å². The fourth-order valence-corrected chi connectivity index (χ4v) is 4.10. The second-order valence-electron chi connectivity index (χ2n) is 7.96. The van der Waals surface area contributed by atoms with Crippen molar-refractivity contribution < 1.29 is 9.72 Å². The van der Waals surface area contributed by atoms with Crippen molar-refractivity contribution in [1.29, 1.82) is 0 Å². The number of piperazine rings is 1. The Morgan fingerprint density at radius 2 is 1.82 bits per heavy atom. The summed E-state index contributed by atoms with van der Waals surface area (Å²) in [6.45, 7) is 2.12. The SMILES string of the molecule is Cn1ncc2c(N3CCN(C(=O)c4ccc(Nc5ccccc5)c([N+](=O)[O-])c4)CC3)ncnc21. The quantitative estimate of drug-likeness (QED) is 0.358. The summed E-state index contributed by atoms with van der Waals surface area (Å²) < 4.78 is 1.70. The van der Waals surface area contributed by atoms with Crippen molar-refractivity contribution in [3.05, 3.63) is 76.7 Å². The van der Waals surface area contributed by atoms with E-state index in [1.165, 1.54) is 12.4 Å². The molecule has 0 aliphatic carbocycles. The summed E-state index contributed by atoms with van der Waals surface area (Å²) in [5, 5.41) is 19.9. The molecule has 0 saturated carbocycles. The third kappa shape index (κ3) is 3.98. The van der Waals surface area contributed by atoms with Gasteiger partial charge in [-0.1, -0.05) is 18.2 Å². The van der Waals surface area contributed by atoms with Crippen LogP contribution in [0.15, 0.2) is 61.1 Å². The summed E-state index contributed by atoms with van der Waals surface area (Å²) in [5.74, 6) is 0.556. The summed E-state index contributed by atoms with van der Waals surface area (Å²) in [6, 6.07) is 13.7. The van der Waals surface area contributed by atoms with Crippen molar-refractivity contribution in [3.63, 3.8) is 0 Å². The minimum Gasteiger partial charge on any atom is -0.352 e. The number of rotatable bonds is 5. The van der Waals surface area contributed by atoms with Gasteiger partial charge in [-0.2, -0.15) is 5.10 Å². The molecule has 1 saturated heterocycles. The molecular formula is C23H22N8O3. The highest BCUT2D eigenvalue weighted by molar-refractivity contribution is 5.96. The summed E-state index contributed by atoms with van der Waals surface area (Å²) in [7, 11) is 1.83. The smallest absolute Gasteiger partial charge is 0.293 e. The number of hydrogen-bond acceptors (Lipinski definition) is 8. The van der Waals surface area contributed by atoms with Crippen LogP contribution < -0.4 is 10.2 Å². The maximum atomic E-state index is 13.1. The van der Waals surface area contributed by atoms with E-state index in [9.17, 15) is 14.9 Å². The molecule has 172 valence electrons. The monoisotopic (exact) mass is 458 g/mol. The van der Waals surface area contributed by atoms with Crippen LogP contribution in [-0.2, 0) is 7.05 Å². The summed E-state index contributed by atoms with van der Waals surface area (Å²) in [4.78, 5) is 36.8. The maximum absolute atomic E-state index is 13.1. The number of fused-ring (bicyclic) bond motifs is 1. The number of amides is 1. The van der Waals surface area contributed by atoms with E-state index >= 15 is 0 Å². The van der Waals surface area contributed by atoms with Crippen LogP contribution in [0.3, 0.4) is 0 Å². The van der Waals surface area contributed by atoms with Gasteiger partial charge in [0.1, 0.15) is 17.8 Å². The Bertz CT molecular complexity index is 1360. The highest BCUT2D eigenvalue weighted by Crippen LogP contribution is 2.29. The average molecular weight is 458 g/mol. The summed E-state index contributed by atoms with van der Waals surface area (Å²) in [6.07, 6.45) is 3.26. The van der Waals surface area contributed by atoms with E-state index in [1.54, 1.807) is 27.9 Å². The number of carbonyl (C=O) groups excluding carboxylic acids is 1. The highest BCUT2D eigenvalue weighted by atomic mass is 16.6. The first-order valence-corrected chi connectivity index (χ1v) is 10.8. The number of carbonyl (C=O) groups is 1. The minimum atomic E-state index is -0.478. The largest absolute Gasteiger partial charge is 0.352 e. The van der Waals surface area contributed by atoms with Gasteiger partial charge in [-0.05, 0) is 24.3 Å². The molecule has 34 heavy (non-hydrogen) atoms. The van der Waals surface area contributed by atoms with Gasteiger partial charge in [-0.15, -0.1) is 0 Å². The highest BCUT2D eigenvalue weighted by Gasteiger charge is 2.26. The Morgan fingerprint density at radius 3 is 2.56 bits per heavy atom. The number of anilines is 3. The molecule has 1 amide bonds. The van der Waals surface area contributed by atoms with Gasteiger partial charge >= 0.3 is 0 Å². The van der Waals surface area contributed by atoms with Crippen molar-refractivity contribution in [2.24, 2.45) is 7.05 Å². The molecule has 0 unspecified atom stereocenters. The van der Waals surface area contributed by atoms with Gasteiger partial charge in [0.05, 0.1) is 16.5 Å². The lowest BCUT2D eigenvalue weighted by Gasteiger charge is -2.35. The van der Waals surface area contributed by atoms with Gasteiger partial charge in [0, 0.05) is 50.5 Å². The zero-order chi connectivity index (χ0) is 23.7. The number of nitrogens with zero attached hydrogens (tertiary/aromatic N) is 7. The van der Waals surface area contributed by atoms with Crippen LogP contribution in [0.4, 0.5) is 22.9 Å². The lowest BCUT2D eigenvalue weighted by atomic mass is 10.1. The van der Waals surface area contributed by atoms with Gasteiger partial charge in [0.25, 0.3) is 11.6 Å². The van der Waals surface area contributed by atoms with Gasteiger partial charge < -0.3 is 15.1 Å². The Hall–Kier alpha value is -4.54. The third-order valence-corrected chi connectivity index (χ3v) is 5.87. The van der Waals surface area contributed by atoms with Crippen molar-refractivity contribution >= 4 is 39.8 Å². The van der Waals surface area contributed by atoms with Crippen molar-refractivity contribution in [1.82, 2.24) is 24.6 Å². The van der Waals surface area contributed by atoms with Gasteiger partial charge in [0.2, 0.25) is 0 Å². The predicted octanol–water partition coefficient (Wildman–Crippen LogP) is 2.98. The standard InChI is InChI=1S/C23H22N8O3/c1-28-21-18(14-26-28)22(25-15-24-21)29-9-11-30(12-10-29)23(32)16-7-8-19(20(13-16)31(33)34)27-17-5-3-2-4-6-17/h2-8,13-15,27H,9-12H2,1H3. The number of para-hydroxylation sites is 1. The van der Waals surface area contributed by atoms with Crippen LogP contribution >= 0.6 is 0 Å². The molecule has 2 aromatic heterocycles. The molecule has 2 aromatic carbocycles. The number of benzene rings is 2. The molecule has 0 bridgehead atoms. The zero-order valence-corrected chi connectivity index (χ0v) is 18.5. The first kappa shape index (κ1) is 21.3. The van der Waals surface area contributed by atoms with Gasteiger partial charge in [-0.3, -0.25) is 19.6 Å². The van der Waals surface area contributed by atoms with Gasteiger partial charge in [0.15, 0.2) is 5.65 Å². The minimum absolute atomic E-state index is 0.145. The molecule has 3 heterocycles. The van der Waals surface area contributed by atoms with Crippen LogP contribution in [0.1, 0.15) is 10.4 Å². The molecule has 0 spiro atoms. The fraction of sp³-hybridized carbons (Fsp3) is 0.217. The number of nitrogens with one attached hydrogen (secondary N) is 1. The molecule has 1 fully saturated rings. The van der Waals surface area contributed by atoms with Crippen LogP contribution in [-0.4, -0.2) is 61.7 Å². The number of aromatic nitrogens is 4. The molecule has 5 rings (SSSR count). The Kier molecular flexibility index (Phi) is 5.50. The Balaban J connectivity index is 1.31. The van der Waals surface area contributed by atoms with Crippen LogP contribution in [0.2, 0.25) is 0 Å². The van der Waals surface area contributed by atoms with Crippen LogP contribution in [0.5, 0.6) is 0 Å². The lowest BCUT2D eigenvalue weighted by Crippen LogP contribution is -2.49. The number of hydrogen-bond donors (Lipinski definition) is 1. The molecule has 0 radical (unpaired) electrons. The molecule has 1 aliphatic rings. The normalized spacial score (nSPS) is 13.8.